The van der Waals surface area contributed by atoms with Crippen molar-refractivity contribution in [3.05, 3.63) is 35.7 Å². The summed E-state index contributed by atoms with van der Waals surface area (Å²) in [4.78, 5) is 17.0. The highest BCUT2D eigenvalue weighted by atomic mass is 32.2. The number of hydrogen-bond acceptors (Lipinski definition) is 8. The van der Waals surface area contributed by atoms with E-state index < -0.39 is 26.8 Å². The second-order valence-electron chi connectivity index (χ2n) is 7.86. The van der Waals surface area contributed by atoms with E-state index in [1.807, 2.05) is 0 Å². The Morgan fingerprint density at radius 2 is 2.03 bits per heavy atom. The van der Waals surface area contributed by atoms with Crippen molar-refractivity contribution in [1.29, 1.82) is 0 Å². The number of sulfone groups is 1. The lowest BCUT2D eigenvalue weighted by molar-refractivity contribution is -0.161. The topological polar surface area (TPSA) is 99.6 Å². The van der Waals surface area contributed by atoms with Crippen LogP contribution in [0.4, 0.5) is 5.13 Å². The zero-order valence-electron chi connectivity index (χ0n) is 18.1. The Labute approximate surface area is 187 Å². The minimum atomic E-state index is -3.44. The molecule has 1 aromatic heterocycles. The van der Waals surface area contributed by atoms with Crippen molar-refractivity contribution < 1.29 is 17.9 Å². The maximum atomic E-state index is 13.2. The predicted octanol–water partition coefficient (Wildman–Crippen LogP) is 3.76. The minimum absolute atomic E-state index is 0.0563. The van der Waals surface area contributed by atoms with Crippen LogP contribution in [-0.2, 0) is 19.4 Å². The van der Waals surface area contributed by atoms with Crippen molar-refractivity contribution in [3.63, 3.8) is 0 Å². The molecule has 1 aliphatic heterocycles. The molecule has 4 rings (SSSR count). The second kappa shape index (κ2) is 9.74. The van der Waals surface area contributed by atoms with E-state index in [0.717, 1.165) is 30.6 Å². The summed E-state index contributed by atoms with van der Waals surface area (Å²) in [6, 6.07) is 8.48. The van der Waals surface area contributed by atoms with Crippen LogP contribution >= 0.6 is 11.3 Å². The number of rotatable bonds is 8. The van der Waals surface area contributed by atoms with Gasteiger partial charge in [-0.1, -0.05) is 44.4 Å². The molecule has 0 amide bonds. The number of carbonyl (C=O) groups excluding carboxylic acids is 1. The maximum Gasteiger partial charge on any atom is 0.308 e. The first-order valence-electron chi connectivity index (χ1n) is 10.4. The van der Waals surface area contributed by atoms with Gasteiger partial charge in [0.1, 0.15) is 10.8 Å². The highest BCUT2D eigenvalue weighted by Crippen LogP contribution is 2.37. The first-order valence-corrected chi connectivity index (χ1v) is 12.9. The molecular formula is C21H29N3O5S2. The smallest absolute Gasteiger partial charge is 0.308 e. The number of quaternary nitrogens is 1. The van der Waals surface area contributed by atoms with Crippen LogP contribution in [0.15, 0.2) is 34.7 Å². The van der Waals surface area contributed by atoms with Gasteiger partial charge in [-0.25, -0.2) is 13.3 Å². The Morgan fingerprint density at radius 3 is 2.58 bits per heavy atom. The van der Waals surface area contributed by atoms with E-state index in [0.29, 0.717) is 13.0 Å². The molecule has 0 saturated carbocycles. The van der Waals surface area contributed by atoms with E-state index >= 15 is 0 Å². The summed E-state index contributed by atoms with van der Waals surface area (Å²) in [6.07, 6.45) is 3.70. The van der Waals surface area contributed by atoms with Crippen molar-refractivity contribution in [2.45, 2.75) is 50.1 Å². The number of carbonyl (C=O) groups is 1. The summed E-state index contributed by atoms with van der Waals surface area (Å²) in [7, 11) is -1.76. The number of nitrogens with zero attached hydrogens (tertiary/aromatic N) is 3. The molecule has 170 valence electrons. The van der Waals surface area contributed by atoms with Gasteiger partial charge in [-0.2, -0.15) is 4.98 Å². The van der Waals surface area contributed by atoms with Gasteiger partial charge in [-0.05, 0) is 42.0 Å². The Kier molecular flexibility index (Phi) is 7.48. The summed E-state index contributed by atoms with van der Waals surface area (Å²) < 4.78 is 29.1. The Bertz CT molecular complexity index is 1010. The Morgan fingerprint density at radius 1 is 1.32 bits per heavy atom. The van der Waals surface area contributed by atoms with Crippen LogP contribution in [0.3, 0.4) is 0 Å². The number of esters is 1. The number of fused-ring (bicyclic) bond motifs is 1. The molecule has 8 nitrogen and oxygen atoms in total. The molecule has 0 radical (unpaired) electrons. The summed E-state index contributed by atoms with van der Waals surface area (Å²) in [6.45, 7) is 3.89. The number of unbranched alkanes of at least 4 members (excludes halogenated alkanes) is 3. The first-order chi connectivity index (χ1) is 14.7. The Balaban J connectivity index is 0.000000381. The quantitative estimate of drug-likeness (QED) is 0.215. The predicted molar refractivity (Wildman–Crippen MR) is 122 cm³/mol. The van der Waals surface area contributed by atoms with Crippen LogP contribution in [0.5, 0.6) is 0 Å². The number of thiazole rings is 1. The summed E-state index contributed by atoms with van der Waals surface area (Å²) in [5.41, 5.74) is 2.85. The third-order valence-corrected chi connectivity index (χ3v) is 8.73. The monoisotopic (exact) mass is 467 g/mol. The third-order valence-electron chi connectivity index (χ3n) is 5.27. The van der Waals surface area contributed by atoms with E-state index in [-0.39, 0.29) is 21.6 Å². The van der Waals surface area contributed by atoms with Gasteiger partial charge in [0.05, 0.1) is 18.5 Å². The highest BCUT2D eigenvalue weighted by Gasteiger charge is 2.45. The fraction of sp³-hybridized carbons (Fsp3) is 0.524. The molecule has 3 aliphatic rings. The van der Waals surface area contributed by atoms with Gasteiger partial charge in [0.15, 0.2) is 9.84 Å². The summed E-state index contributed by atoms with van der Waals surface area (Å²) in [5.74, 6) is -0.502. The largest absolute Gasteiger partial charge is 0.622 e. The molecule has 0 aromatic carbocycles. The molecule has 1 fully saturated rings. The lowest BCUT2D eigenvalue weighted by Crippen LogP contribution is -2.53. The van der Waals surface area contributed by atoms with Gasteiger partial charge < -0.3 is 9.94 Å². The minimum Gasteiger partial charge on any atom is -0.622 e. The van der Waals surface area contributed by atoms with Crippen molar-refractivity contribution in [2.75, 3.05) is 25.9 Å². The molecule has 2 unspecified atom stereocenters. The molecule has 0 bridgehead atoms. The molecule has 31 heavy (non-hydrogen) atoms. The lowest BCUT2D eigenvalue weighted by atomic mass is 10.2. The van der Waals surface area contributed by atoms with Crippen LogP contribution in [0.25, 0.3) is 11.1 Å². The van der Waals surface area contributed by atoms with Crippen molar-refractivity contribution in [3.8, 4) is 11.1 Å². The molecule has 1 aromatic rings. The van der Waals surface area contributed by atoms with Gasteiger partial charge in [-0.15, -0.1) is 0 Å². The highest BCUT2D eigenvalue weighted by molar-refractivity contribution is 7.93. The van der Waals surface area contributed by atoms with Crippen LogP contribution in [0.2, 0.25) is 0 Å². The van der Waals surface area contributed by atoms with E-state index in [4.69, 9.17) is 4.74 Å². The van der Waals surface area contributed by atoms with E-state index in [2.05, 4.69) is 36.2 Å². The summed E-state index contributed by atoms with van der Waals surface area (Å²) >= 11 is 0.875. The molecule has 2 aliphatic carbocycles. The number of benzene rings is 1. The van der Waals surface area contributed by atoms with Crippen LogP contribution in [0.1, 0.15) is 39.5 Å². The average molecular weight is 468 g/mol. The molecular weight excluding hydrogens is 438 g/mol. The van der Waals surface area contributed by atoms with Gasteiger partial charge >= 0.3 is 12.3 Å². The van der Waals surface area contributed by atoms with Gasteiger partial charge in [0, 0.05) is 6.92 Å². The maximum absolute atomic E-state index is 13.2. The fourth-order valence-corrected chi connectivity index (χ4v) is 6.13. The van der Waals surface area contributed by atoms with Crippen molar-refractivity contribution in [2.24, 2.45) is 0 Å². The molecule has 0 N–H and O–H groups in total. The van der Waals surface area contributed by atoms with Crippen LogP contribution < -0.4 is 4.65 Å². The van der Waals surface area contributed by atoms with Crippen LogP contribution in [0, 0.1) is 5.21 Å². The van der Waals surface area contributed by atoms with E-state index in [9.17, 15) is 18.4 Å². The molecule has 2 atom stereocenters. The molecule has 10 heteroatoms. The van der Waals surface area contributed by atoms with Crippen LogP contribution in [-0.4, -0.2) is 56.5 Å². The number of likely N-dealkylation sites (N-methyl/N-ethyl adjacent to an activating group) is 1. The summed E-state index contributed by atoms with van der Waals surface area (Å²) in [5, 5.41) is 13.3. The normalized spacial score (nSPS) is 22.0. The average Bonchev–Trinajstić information content (AvgIpc) is 3.09. The van der Waals surface area contributed by atoms with Crippen molar-refractivity contribution in [1.82, 2.24) is 14.5 Å². The van der Waals surface area contributed by atoms with E-state index in [1.54, 1.807) is 11.9 Å². The van der Waals surface area contributed by atoms with Gasteiger partial charge in [0.2, 0.25) is 0 Å². The zero-order valence-corrected chi connectivity index (χ0v) is 19.7. The number of hydroxylamine groups is 2. The third kappa shape index (κ3) is 5.69. The SMILES string of the molecule is CCCCCCS(=O)(=O)c1cnc([N+]2([O-])CCN(C)C2OC(C)=O)s1.c1cc2cc-2c1. The zero-order chi connectivity index (χ0) is 22.6. The number of ether oxygens (including phenoxy) is 1. The standard InChI is InChI=1S/C15H25N3O5S2.C6H4/c1-4-5-6-7-10-25(21,22)13-11-16-14(24-13)18(20)9-8-17(3)15(18)23-12(2)19;1-2-5-4-6(5)3-1/h11,15H,4-10H2,1-3H3;1-4H. The molecule has 2 heterocycles. The number of hydrogen-bond donors (Lipinski definition) is 0. The number of aromatic nitrogens is 1. The van der Waals surface area contributed by atoms with Crippen molar-refractivity contribution >= 4 is 32.3 Å². The van der Waals surface area contributed by atoms with E-state index in [1.165, 1.54) is 24.2 Å². The van der Waals surface area contributed by atoms with Gasteiger partial charge in [-0.3, -0.25) is 9.44 Å². The first kappa shape index (κ1) is 23.8. The van der Waals surface area contributed by atoms with Gasteiger partial charge in [0.25, 0.3) is 5.13 Å². The lowest BCUT2D eigenvalue weighted by Gasteiger charge is -2.39. The second-order valence-corrected chi connectivity index (χ2v) is 11.2. The molecule has 1 saturated heterocycles. The Hall–Kier alpha value is -1.85. The fourth-order valence-electron chi connectivity index (χ4n) is 3.42. The molecule has 0 spiro atoms.